The number of tetrazole rings is 1. The van der Waals surface area contributed by atoms with Gasteiger partial charge >= 0.3 is 0 Å². The molecule has 4 aromatic rings. The van der Waals surface area contributed by atoms with Crippen molar-refractivity contribution in [1.82, 2.24) is 20.2 Å². The lowest BCUT2D eigenvalue weighted by Crippen LogP contribution is -2.16. The first-order valence-electron chi connectivity index (χ1n) is 9.15. The van der Waals surface area contributed by atoms with E-state index >= 15 is 0 Å². The quantitative estimate of drug-likeness (QED) is 0.446. The van der Waals surface area contributed by atoms with Crippen LogP contribution in [0.25, 0.3) is 5.69 Å². The Labute approximate surface area is 177 Å². The van der Waals surface area contributed by atoms with Crippen LogP contribution in [0, 0.1) is 5.82 Å². The molecule has 0 radical (unpaired) electrons. The Morgan fingerprint density at radius 1 is 1.00 bits per heavy atom. The molecule has 1 N–H and O–H groups in total. The topological polar surface area (TPSA) is 107 Å². The van der Waals surface area contributed by atoms with Gasteiger partial charge in [-0.1, -0.05) is 30.3 Å². The summed E-state index contributed by atoms with van der Waals surface area (Å²) < 4.78 is 43.3. The second-order valence-electron chi connectivity index (χ2n) is 6.63. The number of halogens is 1. The molecular formula is C21H16FN5O3S. The monoisotopic (exact) mass is 437 g/mol. The average molecular weight is 437 g/mol. The smallest absolute Gasteiger partial charge is 0.261 e. The zero-order valence-corrected chi connectivity index (χ0v) is 16.8. The lowest BCUT2D eigenvalue weighted by Gasteiger charge is -2.13. The van der Waals surface area contributed by atoms with Crippen LogP contribution >= 0.6 is 0 Å². The second-order valence-corrected chi connectivity index (χ2v) is 8.31. The van der Waals surface area contributed by atoms with Crippen LogP contribution < -0.4 is 4.72 Å². The fourth-order valence-electron chi connectivity index (χ4n) is 2.97. The Bertz CT molecular complexity index is 1310. The molecule has 3 aromatic carbocycles. The van der Waals surface area contributed by atoms with E-state index in [2.05, 4.69) is 20.2 Å². The molecule has 0 aliphatic heterocycles. The Hall–Kier alpha value is -3.92. The third-order valence-electron chi connectivity index (χ3n) is 4.49. The van der Waals surface area contributed by atoms with E-state index in [1.165, 1.54) is 41.3 Å². The van der Waals surface area contributed by atoms with Gasteiger partial charge in [-0.15, -0.1) is 5.10 Å². The number of Topliss-reactive ketones (excluding diaryl/α,β-unsaturated/α-hetero) is 1. The molecule has 1 aromatic heterocycles. The van der Waals surface area contributed by atoms with Crippen molar-refractivity contribution in [2.45, 2.75) is 11.3 Å². The molecule has 0 saturated heterocycles. The second kappa shape index (κ2) is 8.44. The van der Waals surface area contributed by atoms with Crippen LogP contribution in [-0.2, 0) is 16.4 Å². The summed E-state index contributed by atoms with van der Waals surface area (Å²) in [5.74, 6) is -1.04. The first-order chi connectivity index (χ1) is 14.9. The first-order valence-corrected chi connectivity index (χ1v) is 10.6. The largest absolute Gasteiger partial charge is 0.294 e. The van der Waals surface area contributed by atoms with Crippen LogP contribution in [0.4, 0.5) is 10.1 Å². The standard InChI is InChI=1S/C21H16FN5O3S/c22-16-6-11-20(19(13-16)21(28)12-15-4-2-1-3-5-15)24-31(29,30)18-9-7-17(8-10-18)27-14-23-25-26-27/h1-11,13-14,24H,12H2. The zero-order chi connectivity index (χ0) is 21.8. The lowest BCUT2D eigenvalue weighted by molar-refractivity contribution is 0.0993. The van der Waals surface area contributed by atoms with Crippen molar-refractivity contribution in [3.05, 3.63) is 96.1 Å². The highest BCUT2D eigenvalue weighted by Crippen LogP contribution is 2.23. The highest BCUT2D eigenvalue weighted by Gasteiger charge is 2.20. The number of nitrogens with zero attached hydrogens (tertiary/aromatic N) is 4. The Morgan fingerprint density at radius 3 is 2.42 bits per heavy atom. The number of nitrogens with one attached hydrogen (secondary N) is 1. The maximum absolute atomic E-state index is 13.8. The van der Waals surface area contributed by atoms with Gasteiger partial charge in [0.05, 0.1) is 16.3 Å². The van der Waals surface area contributed by atoms with E-state index in [4.69, 9.17) is 0 Å². The number of hydrogen-bond acceptors (Lipinski definition) is 6. The minimum atomic E-state index is -4.03. The average Bonchev–Trinajstić information content (AvgIpc) is 3.31. The van der Waals surface area contributed by atoms with E-state index in [1.807, 2.05) is 6.07 Å². The maximum atomic E-state index is 13.8. The summed E-state index contributed by atoms with van der Waals surface area (Å²) in [6.45, 7) is 0. The van der Waals surface area contributed by atoms with Gasteiger partial charge in [0.2, 0.25) is 0 Å². The highest BCUT2D eigenvalue weighted by atomic mass is 32.2. The molecule has 0 aliphatic carbocycles. The molecular weight excluding hydrogens is 421 g/mol. The van der Waals surface area contributed by atoms with Crippen molar-refractivity contribution in [2.24, 2.45) is 0 Å². The van der Waals surface area contributed by atoms with Crippen molar-refractivity contribution in [2.75, 3.05) is 4.72 Å². The van der Waals surface area contributed by atoms with Crippen LogP contribution in [0.2, 0.25) is 0 Å². The molecule has 4 rings (SSSR count). The van der Waals surface area contributed by atoms with E-state index in [0.29, 0.717) is 5.69 Å². The van der Waals surface area contributed by atoms with E-state index < -0.39 is 21.6 Å². The molecule has 10 heteroatoms. The minimum Gasteiger partial charge on any atom is -0.294 e. The van der Waals surface area contributed by atoms with Crippen molar-refractivity contribution < 1.29 is 17.6 Å². The van der Waals surface area contributed by atoms with Crippen molar-refractivity contribution in [3.63, 3.8) is 0 Å². The summed E-state index contributed by atoms with van der Waals surface area (Å²) in [5, 5.41) is 10.8. The van der Waals surface area contributed by atoms with Crippen molar-refractivity contribution in [1.29, 1.82) is 0 Å². The number of carbonyl (C=O) groups excluding carboxylic acids is 1. The number of ketones is 1. The van der Waals surface area contributed by atoms with Gasteiger partial charge in [-0.2, -0.15) is 0 Å². The van der Waals surface area contributed by atoms with E-state index in [-0.39, 0.29) is 22.6 Å². The normalized spacial score (nSPS) is 11.3. The number of benzene rings is 3. The predicted molar refractivity (Wildman–Crippen MR) is 111 cm³/mol. The lowest BCUT2D eigenvalue weighted by atomic mass is 10.0. The number of anilines is 1. The Kier molecular flexibility index (Phi) is 5.54. The molecule has 0 fully saturated rings. The van der Waals surface area contributed by atoms with Gasteiger partial charge in [0, 0.05) is 12.0 Å². The first kappa shape index (κ1) is 20.4. The van der Waals surface area contributed by atoms with Crippen LogP contribution in [0.5, 0.6) is 0 Å². The van der Waals surface area contributed by atoms with Gasteiger partial charge in [0.15, 0.2) is 5.78 Å². The fraction of sp³-hybridized carbons (Fsp3) is 0.0476. The SMILES string of the molecule is O=C(Cc1ccccc1)c1cc(F)ccc1NS(=O)(=O)c1ccc(-n2cnnn2)cc1. The molecule has 31 heavy (non-hydrogen) atoms. The fourth-order valence-corrected chi connectivity index (χ4v) is 4.05. The van der Waals surface area contributed by atoms with Crippen LogP contribution in [-0.4, -0.2) is 34.4 Å². The maximum Gasteiger partial charge on any atom is 0.261 e. The van der Waals surface area contributed by atoms with Crippen molar-refractivity contribution in [3.8, 4) is 5.69 Å². The van der Waals surface area contributed by atoms with Gasteiger partial charge < -0.3 is 0 Å². The van der Waals surface area contributed by atoms with Gasteiger partial charge in [-0.25, -0.2) is 17.5 Å². The molecule has 0 aliphatic rings. The van der Waals surface area contributed by atoms with Crippen LogP contribution in [0.15, 0.2) is 84.0 Å². The van der Waals surface area contributed by atoms with Crippen LogP contribution in [0.3, 0.4) is 0 Å². The molecule has 0 saturated carbocycles. The summed E-state index contributed by atoms with van der Waals surface area (Å²) in [4.78, 5) is 12.7. The van der Waals surface area contributed by atoms with E-state index in [0.717, 1.165) is 17.7 Å². The predicted octanol–water partition coefficient (Wildman–Crippen LogP) is 3.03. The molecule has 1 heterocycles. The summed E-state index contributed by atoms with van der Waals surface area (Å²) in [6, 6.07) is 18.1. The molecule has 8 nitrogen and oxygen atoms in total. The molecule has 0 amide bonds. The summed E-state index contributed by atoms with van der Waals surface area (Å²) in [7, 11) is -4.03. The molecule has 156 valence electrons. The number of aromatic nitrogens is 4. The van der Waals surface area contributed by atoms with Gasteiger partial charge in [-0.05, 0) is 58.5 Å². The number of hydrogen-bond donors (Lipinski definition) is 1. The third-order valence-corrected chi connectivity index (χ3v) is 5.88. The van der Waals surface area contributed by atoms with Gasteiger partial charge in [0.1, 0.15) is 12.1 Å². The highest BCUT2D eigenvalue weighted by molar-refractivity contribution is 7.92. The van der Waals surface area contributed by atoms with Crippen LogP contribution in [0.1, 0.15) is 15.9 Å². The molecule has 0 unspecified atom stereocenters. The van der Waals surface area contributed by atoms with E-state index in [1.54, 1.807) is 24.3 Å². The zero-order valence-electron chi connectivity index (χ0n) is 16.0. The summed E-state index contributed by atoms with van der Waals surface area (Å²) in [6.07, 6.45) is 1.39. The number of rotatable bonds is 7. The van der Waals surface area contributed by atoms with E-state index in [9.17, 15) is 17.6 Å². The van der Waals surface area contributed by atoms with Crippen molar-refractivity contribution >= 4 is 21.5 Å². The van der Waals surface area contributed by atoms with Gasteiger partial charge in [-0.3, -0.25) is 9.52 Å². The Balaban J connectivity index is 1.60. The Morgan fingerprint density at radius 2 is 1.74 bits per heavy atom. The summed E-state index contributed by atoms with van der Waals surface area (Å²) >= 11 is 0. The summed E-state index contributed by atoms with van der Waals surface area (Å²) in [5.41, 5.74) is 1.28. The third kappa shape index (κ3) is 4.64. The molecule has 0 bridgehead atoms. The number of sulfonamides is 1. The minimum absolute atomic E-state index is 0.00637. The van der Waals surface area contributed by atoms with Gasteiger partial charge in [0.25, 0.3) is 10.0 Å². The number of carbonyl (C=O) groups is 1. The molecule has 0 atom stereocenters. The molecule has 0 spiro atoms.